The molecule has 0 bridgehead atoms. The molecule has 11 heavy (non-hydrogen) atoms. The third kappa shape index (κ3) is 0.709. The van der Waals surface area contributed by atoms with Crippen molar-refractivity contribution in [2.75, 3.05) is 7.11 Å². The molecular formula is C5H8N5O+. The van der Waals surface area contributed by atoms with Crippen molar-refractivity contribution in [2.45, 2.75) is 0 Å². The summed E-state index contributed by atoms with van der Waals surface area (Å²) in [7, 11) is 1.54. The molecule has 2 N–H and O–H groups in total. The third-order valence-corrected chi connectivity index (χ3v) is 1.57. The van der Waals surface area contributed by atoms with Crippen LogP contribution in [0.1, 0.15) is 0 Å². The summed E-state index contributed by atoms with van der Waals surface area (Å²) >= 11 is 0. The van der Waals surface area contributed by atoms with Gasteiger partial charge in [-0.3, -0.25) is 4.84 Å². The van der Waals surface area contributed by atoms with E-state index < -0.39 is 0 Å². The van der Waals surface area contributed by atoms with Crippen LogP contribution in [-0.4, -0.2) is 29.6 Å². The molecule has 0 aromatic carbocycles. The van der Waals surface area contributed by atoms with Crippen LogP contribution in [0.25, 0.3) is 0 Å². The van der Waals surface area contributed by atoms with E-state index in [1.54, 1.807) is 13.3 Å². The minimum Gasteiger partial charge on any atom is -0.266 e. The first-order chi connectivity index (χ1) is 5.26. The highest BCUT2D eigenvalue weighted by molar-refractivity contribution is 5.63. The number of hydroxylamine groups is 2. The lowest BCUT2D eigenvalue weighted by atomic mass is 10.7. The minimum absolute atomic E-state index is 0.145. The average molecular weight is 154 g/mol. The van der Waals surface area contributed by atoms with E-state index in [0.29, 0.717) is 5.82 Å². The van der Waals surface area contributed by atoms with Crippen molar-refractivity contribution in [3.05, 3.63) is 12.0 Å². The van der Waals surface area contributed by atoms with Gasteiger partial charge in [0.05, 0.1) is 7.11 Å². The molecule has 2 rings (SSSR count). The summed E-state index contributed by atoms with van der Waals surface area (Å²) in [6.45, 7) is 0. The van der Waals surface area contributed by atoms with Crippen molar-refractivity contribution in [1.29, 1.82) is 0 Å². The van der Waals surface area contributed by atoms with Crippen LogP contribution in [0.3, 0.4) is 0 Å². The summed E-state index contributed by atoms with van der Waals surface area (Å²) in [5.74, 6) is 6.42. The summed E-state index contributed by atoms with van der Waals surface area (Å²) < 4.78 is -0.145. The van der Waals surface area contributed by atoms with Crippen LogP contribution in [-0.2, 0) is 4.84 Å². The number of quaternary nitrogens is 1. The highest BCUT2D eigenvalue weighted by Crippen LogP contribution is 2.23. The van der Waals surface area contributed by atoms with Crippen LogP contribution in [0.15, 0.2) is 22.1 Å². The van der Waals surface area contributed by atoms with Crippen molar-refractivity contribution in [2.24, 2.45) is 15.9 Å². The Balaban J connectivity index is 2.36. The van der Waals surface area contributed by atoms with Crippen LogP contribution in [0, 0.1) is 0 Å². The molecule has 0 radical (unpaired) electrons. The van der Waals surface area contributed by atoms with Crippen LogP contribution in [0.4, 0.5) is 0 Å². The van der Waals surface area contributed by atoms with Gasteiger partial charge in [-0.05, 0) is 9.80 Å². The lowest BCUT2D eigenvalue weighted by molar-refractivity contribution is -0.816. The molecule has 0 saturated heterocycles. The number of nitrogens with zero attached hydrogens (tertiary/aromatic N) is 4. The predicted octanol–water partition coefficient (Wildman–Crippen LogP) is -0.662. The molecule has 1 unspecified atom stereocenters. The molecule has 0 aliphatic carbocycles. The first-order valence-electron chi connectivity index (χ1n) is 3.08. The maximum Gasteiger partial charge on any atom is 0.305 e. The maximum atomic E-state index is 5.73. The van der Waals surface area contributed by atoms with E-state index in [-0.39, 0.29) is 4.70 Å². The van der Waals surface area contributed by atoms with Crippen LogP contribution >= 0.6 is 0 Å². The second-order valence-corrected chi connectivity index (χ2v) is 2.23. The van der Waals surface area contributed by atoms with Gasteiger partial charge < -0.3 is 0 Å². The van der Waals surface area contributed by atoms with Gasteiger partial charge in [0.15, 0.2) is 6.34 Å². The van der Waals surface area contributed by atoms with Crippen molar-refractivity contribution < 1.29 is 9.54 Å². The first-order valence-corrected chi connectivity index (χ1v) is 3.08. The second kappa shape index (κ2) is 1.88. The molecule has 0 aromatic heterocycles. The highest BCUT2D eigenvalue weighted by Gasteiger charge is 2.41. The van der Waals surface area contributed by atoms with Gasteiger partial charge in [-0.2, -0.15) is 10.1 Å². The molecule has 0 saturated carbocycles. The molecular weight excluding hydrogens is 146 g/mol. The Kier molecular flexibility index (Phi) is 1.10. The molecule has 0 spiro atoms. The van der Waals surface area contributed by atoms with Gasteiger partial charge >= 0.3 is 5.82 Å². The topological polar surface area (TPSA) is 63.2 Å². The van der Waals surface area contributed by atoms with Gasteiger partial charge in [0.2, 0.25) is 6.34 Å². The fourth-order valence-corrected chi connectivity index (χ4v) is 0.989. The monoisotopic (exact) mass is 154 g/mol. The van der Waals surface area contributed by atoms with Gasteiger partial charge in [0, 0.05) is 0 Å². The summed E-state index contributed by atoms with van der Waals surface area (Å²) in [5.41, 5.74) is 0. The lowest BCUT2D eigenvalue weighted by Gasteiger charge is -2.15. The standard InChI is InChI=1S/C5H8N5O/c1-11-9-3-8-10(6)4-7-2-5(9)10/h2-4H,6H2,1H3/q+1. The molecule has 6 nitrogen and oxygen atoms in total. The molecule has 0 fully saturated rings. The molecule has 6 heteroatoms. The lowest BCUT2D eigenvalue weighted by Crippen LogP contribution is -2.45. The molecule has 2 aliphatic rings. The maximum absolute atomic E-state index is 5.73. The number of nitrogens with two attached hydrogens (primary N) is 1. The Hall–Kier alpha value is -1.24. The Morgan fingerprint density at radius 1 is 1.73 bits per heavy atom. The number of fused-ring (bicyclic) bond motifs is 1. The predicted molar refractivity (Wildman–Crippen MR) is 38.4 cm³/mol. The second-order valence-electron chi connectivity index (χ2n) is 2.23. The third-order valence-electron chi connectivity index (χ3n) is 1.57. The smallest absolute Gasteiger partial charge is 0.266 e. The van der Waals surface area contributed by atoms with E-state index in [2.05, 4.69) is 10.1 Å². The zero-order valence-corrected chi connectivity index (χ0v) is 6.01. The van der Waals surface area contributed by atoms with Crippen molar-refractivity contribution >= 4 is 12.7 Å². The summed E-state index contributed by atoms with van der Waals surface area (Å²) in [6, 6.07) is 0. The Morgan fingerprint density at radius 3 is 3.27 bits per heavy atom. The quantitative estimate of drug-likeness (QED) is 0.402. The van der Waals surface area contributed by atoms with E-state index in [4.69, 9.17) is 10.7 Å². The van der Waals surface area contributed by atoms with Gasteiger partial charge in [0.25, 0.3) is 0 Å². The molecule has 0 aromatic rings. The number of hydrogen-bond donors (Lipinski definition) is 1. The van der Waals surface area contributed by atoms with E-state index in [1.165, 1.54) is 17.7 Å². The number of hydrogen-bond acceptors (Lipinski definition) is 5. The minimum atomic E-state index is -0.145. The van der Waals surface area contributed by atoms with Crippen molar-refractivity contribution in [3.63, 3.8) is 0 Å². The Morgan fingerprint density at radius 2 is 2.55 bits per heavy atom. The molecule has 2 aliphatic heterocycles. The van der Waals surface area contributed by atoms with Crippen molar-refractivity contribution in [1.82, 2.24) is 5.06 Å². The molecule has 2 heterocycles. The zero-order valence-electron chi connectivity index (χ0n) is 6.01. The fraction of sp³-hybridized carbons (Fsp3) is 0.200. The normalized spacial score (nSPS) is 32.9. The Bertz CT molecular complexity index is 270. The molecule has 58 valence electrons. The SMILES string of the molecule is CON1C=N[N+]2(N)C=NC=C12. The molecule has 0 amide bonds. The summed E-state index contributed by atoms with van der Waals surface area (Å²) in [4.78, 5) is 8.79. The number of aliphatic imine (C=N–C) groups is 1. The molecule has 1 atom stereocenters. The van der Waals surface area contributed by atoms with Gasteiger partial charge in [0.1, 0.15) is 6.20 Å². The van der Waals surface area contributed by atoms with E-state index in [9.17, 15) is 0 Å². The van der Waals surface area contributed by atoms with Crippen LogP contribution in [0.2, 0.25) is 0 Å². The largest absolute Gasteiger partial charge is 0.305 e. The van der Waals surface area contributed by atoms with Gasteiger partial charge in [-0.25, -0.2) is 0 Å². The highest BCUT2D eigenvalue weighted by atomic mass is 16.7. The first kappa shape index (κ1) is 6.47. The van der Waals surface area contributed by atoms with Crippen LogP contribution < -0.4 is 5.84 Å². The Labute approximate surface area is 63.4 Å². The van der Waals surface area contributed by atoms with E-state index in [0.717, 1.165) is 0 Å². The summed E-state index contributed by atoms with van der Waals surface area (Å²) in [5, 5.41) is 5.42. The average Bonchev–Trinajstić information content (AvgIpc) is 2.45. The van der Waals surface area contributed by atoms with E-state index >= 15 is 0 Å². The van der Waals surface area contributed by atoms with E-state index in [1.807, 2.05) is 0 Å². The fourth-order valence-electron chi connectivity index (χ4n) is 0.989. The summed E-state index contributed by atoms with van der Waals surface area (Å²) in [6.07, 6.45) is 4.64. The zero-order chi connectivity index (χ0) is 7.90. The van der Waals surface area contributed by atoms with Crippen molar-refractivity contribution in [3.8, 4) is 0 Å². The van der Waals surface area contributed by atoms with Gasteiger partial charge in [-0.1, -0.05) is 0 Å². The van der Waals surface area contributed by atoms with Crippen LogP contribution in [0.5, 0.6) is 0 Å². The van der Waals surface area contributed by atoms with Gasteiger partial charge in [-0.15, -0.1) is 5.84 Å². The number of rotatable bonds is 1.